The van der Waals surface area contributed by atoms with E-state index in [1.807, 2.05) is 6.20 Å². The van der Waals surface area contributed by atoms with Gasteiger partial charge in [-0.2, -0.15) is 5.10 Å². The van der Waals surface area contributed by atoms with Crippen molar-refractivity contribution in [3.05, 3.63) is 64.1 Å². The molecule has 7 heteroatoms. The number of piperidine rings is 1. The SMILES string of the molecule is Cc1cccc(-c2cn[nH]c2C2CCN(C(=O)c3c[nH]c(=O)[nH]3)CC2)c1. The number of amides is 1. The number of likely N-dealkylation sites (tertiary alicyclic amines) is 1. The molecule has 0 atom stereocenters. The van der Waals surface area contributed by atoms with Gasteiger partial charge in [0.25, 0.3) is 5.91 Å². The molecular formula is C19H21N5O2. The first-order chi connectivity index (χ1) is 12.6. The van der Waals surface area contributed by atoms with Crippen LogP contribution in [0.25, 0.3) is 11.1 Å². The Morgan fingerprint density at radius 2 is 2.08 bits per heavy atom. The monoisotopic (exact) mass is 351 g/mol. The lowest BCUT2D eigenvalue weighted by molar-refractivity contribution is 0.0706. The molecule has 0 unspecified atom stereocenters. The first kappa shape index (κ1) is 16.4. The molecule has 0 spiro atoms. The lowest BCUT2D eigenvalue weighted by atomic mass is 9.89. The van der Waals surface area contributed by atoms with E-state index in [0.717, 1.165) is 29.7 Å². The second-order valence-corrected chi connectivity index (χ2v) is 6.79. The number of aromatic nitrogens is 4. The predicted octanol–water partition coefficient (Wildman–Crippen LogP) is 2.42. The summed E-state index contributed by atoms with van der Waals surface area (Å²) in [5, 5.41) is 7.43. The maximum absolute atomic E-state index is 12.4. The van der Waals surface area contributed by atoms with E-state index in [2.05, 4.69) is 51.4 Å². The Bertz CT molecular complexity index is 975. The number of imidazole rings is 1. The Morgan fingerprint density at radius 1 is 1.27 bits per heavy atom. The molecular weight excluding hydrogens is 330 g/mol. The highest BCUT2D eigenvalue weighted by atomic mass is 16.2. The molecule has 1 saturated heterocycles. The fourth-order valence-corrected chi connectivity index (χ4v) is 3.64. The van der Waals surface area contributed by atoms with E-state index in [0.29, 0.717) is 24.7 Å². The third-order valence-corrected chi connectivity index (χ3v) is 5.01. The Kier molecular flexibility index (Phi) is 4.20. The van der Waals surface area contributed by atoms with Crippen LogP contribution in [0.1, 0.15) is 40.5 Å². The maximum atomic E-state index is 12.4. The van der Waals surface area contributed by atoms with Crippen LogP contribution in [-0.4, -0.2) is 44.1 Å². The number of carbonyl (C=O) groups is 1. The van der Waals surface area contributed by atoms with Crippen LogP contribution in [0.4, 0.5) is 0 Å². The lowest BCUT2D eigenvalue weighted by Crippen LogP contribution is -2.38. The Labute approximate surface area is 150 Å². The molecule has 1 fully saturated rings. The molecule has 3 heterocycles. The van der Waals surface area contributed by atoms with Gasteiger partial charge in [-0.05, 0) is 25.3 Å². The number of hydrogen-bond donors (Lipinski definition) is 3. The van der Waals surface area contributed by atoms with Crippen LogP contribution in [0, 0.1) is 6.92 Å². The number of carbonyl (C=O) groups excluding carboxylic acids is 1. The highest BCUT2D eigenvalue weighted by Crippen LogP contribution is 2.34. The van der Waals surface area contributed by atoms with E-state index >= 15 is 0 Å². The molecule has 0 radical (unpaired) electrons. The number of nitrogens with one attached hydrogen (secondary N) is 3. The van der Waals surface area contributed by atoms with Crippen LogP contribution >= 0.6 is 0 Å². The molecule has 26 heavy (non-hydrogen) atoms. The number of nitrogens with zero attached hydrogens (tertiary/aromatic N) is 2. The van der Waals surface area contributed by atoms with Crippen molar-refractivity contribution < 1.29 is 4.79 Å². The van der Waals surface area contributed by atoms with Gasteiger partial charge < -0.3 is 14.9 Å². The number of aryl methyl sites for hydroxylation is 1. The third-order valence-electron chi connectivity index (χ3n) is 5.01. The van der Waals surface area contributed by atoms with Gasteiger partial charge in [-0.15, -0.1) is 0 Å². The van der Waals surface area contributed by atoms with Crippen molar-refractivity contribution >= 4 is 5.91 Å². The summed E-state index contributed by atoms with van der Waals surface area (Å²) in [5.41, 5.74) is 4.61. The van der Waals surface area contributed by atoms with Crippen molar-refractivity contribution in [2.45, 2.75) is 25.7 Å². The normalized spacial score (nSPS) is 15.3. The van der Waals surface area contributed by atoms with E-state index in [1.54, 1.807) is 4.90 Å². The summed E-state index contributed by atoms with van der Waals surface area (Å²) < 4.78 is 0. The van der Waals surface area contributed by atoms with Crippen molar-refractivity contribution in [1.29, 1.82) is 0 Å². The molecule has 2 aromatic heterocycles. The molecule has 1 aliphatic rings. The van der Waals surface area contributed by atoms with Gasteiger partial charge in [-0.3, -0.25) is 9.89 Å². The Balaban J connectivity index is 1.48. The molecule has 1 amide bonds. The molecule has 3 aromatic rings. The average Bonchev–Trinajstić information content (AvgIpc) is 3.30. The molecule has 0 aliphatic carbocycles. The first-order valence-corrected chi connectivity index (χ1v) is 8.79. The minimum Gasteiger partial charge on any atom is -0.337 e. The topological polar surface area (TPSA) is 97.6 Å². The summed E-state index contributed by atoms with van der Waals surface area (Å²) in [6.07, 6.45) is 5.04. The van der Waals surface area contributed by atoms with Gasteiger partial charge in [0.15, 0.2) is 0 Å². The Hall–Kier alpha value is -3.09. The zero-order chi connectivity index (χ0) is 18.1. The highest BCUT2D eigenvalue weighted by Gasteiger charge is 2.27. The van der Waals surface area contributed by atoms with Crippen molar-refractivity contribution in [2.75, 3.05) is 13.1 Å². The van der Waals surface area contributed by atoms with E-state index in [-0.39, 0.29) is 11.6 Å². The molecule has 0 saturated carbocycles. The maximum Gasteiger partial charge on any atom is 0.323 e. The number of H-pyrrole nitrogens is 3. The van der Waals surface area contributed by atoms with E-state index in [1.165, 1.54) is 11.8 Å². The minimum absolute atomic E-state index is 0.134. The zero-order valence-electron chi connectivity index (χ0n) is 14.6. The van der Waals surface area contributed by atoms with Gasteiger partial charge in [0.05, 0.1) is 6.20 Å². The smallest absolute Gasteiger partial charge is 0.323 e. The van der Waals surface area contributed by atoms with E-state index < -0.39 is 0 Å². The molecule has 1 aromatic carbocycles. The Morgan fingerprint density at radius 3 is 2.77 bits per heavy atom. The number of aromatic amines is 3. The standard InChI is InChI=1S/C19H21N5O2/c1-12-3-2-4-14(9-12)15-10-21-23-17(15)13-5-7-24(8-6-13)18(25)16-11-20-19(26)22-16/h2-4,9-11,13H,5-8H2,1H3,(H,21,23)(H2,20,22,26). The molecule has 0 bridgehead atoms. The summed E-state index contributed by atoms with van der Waals surface area (Å²) in [6, 6.07) is 8.40. The van der Waals surface area contributed by atoms with E-state index in [4.69, 9.17) is 0 Å². The van der Waals surface area contributed by atoms with Crippen LogP contribution in [0.2, 0.25) is 0 Å². The lowest BCUT2D eigenvalue weighted by Gasteiger charge is -2.31. The first-order valence-electron chi connectivity index (χ1n) is 8.79. The molecule has 7 nitrogen and oxygen atoms in total. The van der Waals surface area contributed by atoms with Gasteiger partial charge >= 0.3 is 5.69 Å². The highest BCUT2D eigenvalue weighted by molar-refractivity contribution is 5.92. The van der Waals surface area contributed by atoms with Crippen LogP contribution < -0.4 is 5.69 Å². The molecule has 3 N–H and O–H groups in total. The van der Waals surface area contributed by atoms with Crippen molar-refractivity contribution in [3.63, 3.8) is 0 Å². The van der Waals surface area contributed by atoms with E-state index in [9.17, 15) is 9.59 Å². The summed E-state index contributed by atoms with van der Waals surface area (Å²) in [7, 11) is 0. The number of hydrogen-bond acceptors (Lipinski definition) is 3. The average molecular weight is 351 g/mol. The van der Waals surface area contributed by atoms with Gasteiger partial charge in [-0.1, -0.05) is 29.8 Å². The second kappa shape index (κ2) is 6.67. The van der Waals surface area contributed by atoms with Crippen molar-refractivity contribution in [1.82, 2.24) is 25.1 Å². The molecule has 1 aliphatic heterocycles. The van der Waals surface area contributed by atoms with Crippen molar-refractivity contribution in [3.8, 4) is 11.1 Å². The van der Waals surface area contributed by atoms with Gasteiger partial charge in [-0.25, -0.2) is 4.79 Å². The minimum atomic E-state index is -0.358. The largest absolute Gasteiger partial charge is 0.337 e. The summed E-state index contributed by atoms with van der Waals surface area (Å²) in [5.74, 6) is 0.202. The fourth-order valence-electron chi connectivity index (χ4n) is 3.64. The van der Waals surface area contributed by atoms with Gasteiger partial charge in [0, 0.05) is 36.5 Å². The van der Waals surface area contributed by atoms with Crippen LogP contribution in [0.5, 0.6) is 0 Å². The predicted molar refractivity (Wildman–Crippen MR) is 98.1 cm³/mol. The van der Waals surface area contributed by atoms with Gasteiger partial charge in [0.1, 0.15) is 5.69 Å². The summed E-state index contributed by atoms with van der Waals surface area (Å²) in [6.45, 7) is 3.39. The zero-order valence-corrected chi connectivity index (χ0v) is 14.6. The van der Waals surface area contributed by atoms with Gasteiger partial charge in [0.2, 0.25) is 0 Å². The fraction of sp³-hybridized carbons (Fsp3) is 0.316. The van der Waals surface area contributed by atoms with Crippen LogP contribution in [-0.2, 0) is 0 Å². The molecule has 4 rings (SSSR count). The summed E-state index contributed by atoms with van der Waals surface area (Å²) in [4.78, 5) is 30.4. The summed E-state index contributed by atoms with van der Waals surface area (Å²) >= 11 is 0. The van der Waals surface area contributed by atoms with Crippen LogP contribution in [0.15, 0.2) is 41.5 Å². The number of rotatable bonds is 3. The number of benzene rings is 1. The second-order valence-electron chi connectivity index (χ2n) is 6.79. The molecule has 134 valence electrons. The third kappa shape index (κ3) is 3.08. The van der Waals surface area contributed by atoms with Crippen LogP contribution in [0.3, 0.4) is 0 Å². The van der Waals surface area contributed by atoms with Crippen molar-refractivity contribution in [2.24, 2.45) is 0 Å². The quantitative estimate of drug-likeness (QED) is 0.676.